The van der Waals surface area contributed by atoms with E-state index in [4.69, 9.17) is 17.3 Å². The van der Waals surface area contributed by atoms with Gasteiger partial charge >= 0.3 is 0 Å². The van der Waals surface area contributed by atoms with Gasteiger partial charge in [0.25, 0.3) is 0 Å². The molecule has 7 heteroatoms. The Morgan fingerprint density at radius 3 is 2.75 bits per heavy atom. The molecular weight excluding hydrogens is 298 g/mol. The molecule has 2 rings (SSSR count). The van der Waals surface area contributed by atoms with Crippen LogP contribution in [0.15, 0.2) is 18.2 Å². The summed E-state index contributed by atoms with van der Waals surface area (Å²) in [7, 11) is -2.94. The molecule has 0 saturated carbocycles. The highest BCUT2D eigenvalue weighted by Crippen LogP contribution is 2.19. The van der Waals surface area contributed by atoms with E-state index >= 15 is 0 Å². The molecule has 20 heavy (non-hydrogen) atoms. The van der Waals surface area contributed by atoms with Crippen molar-refractivity contribution in [3.63, 3.8) is 0 Å². The summed E-state index contributed by atoms with van der Waals surface area (Å²) in [6, 6.07) is 5.86. The predicted octanol–water partition coefficient (Wildman–Crippen LogP) is 1.67. The van der Waals surface area contributed by atoms with Crippen LogP contribution in [0.1, 0.15) is 17.8 Å². The Bertz CT molecular complexity index is 710. The topological polar surface area (TPSA) is 78.0 Å². The number of fused-ring (bicyclic) bond motifs is 1. The molecular formula is C13H18ClN3O2S. The normalized spacial score (nSPS) is 12.2. The molecule has 110 valence electrons. The van der Waals surface area contributed by atoms with Crippen LogP contribution in [0.3, 0.4) is 0 Å². The van der Waals surface area contributed by atoms with Gasteiger partial charge in [-0.2, -0.15) is 0 Å². The third-order valence-electron chi connectivity index (χ3n) is 3.14. The standard InChI is InChI=1S/C13H18ClN3O2S/c1-20(18,19)6-2-5-17-12-4-3-10(9-15)7-11(12)16-13(17)8-14/h3-4,7H,2,5-6,8-9,15H2,1H3. The molecule has 1 aromatic carbocycles. The summed E-state index contributed by atoms with van der Waals surface area (Å²) < 4.78 is 24.4. The van der Waals surface area contributed by atoms with Crippen LogP contribution >= 0.6 is 11.6 Å². The lowest BCUT2D eigenvalue weighted by Gasteiger charge is -2.07. The van der Waals surface area contributed by atoms with E-state index in [0.717, 1.165) is 22.4 Å². The molecule has 5 nitrogen and oxygen atoms in total. The fraction of sp³-hybridized carbons (Fsp3) is 0.462. The number of rotatable bonds is 6. The van der Waals surface area contributed by atoms with Crippen molar-refractivity contribution in [3.8, 4) is 0 Å². The van der Waals surface area contributed by atoms with Crippen LogP contribution in [0.4, 0.5) is 0 Å². The van der Waals surface area contributed by atoms with Gasteiger partial charge < -0.3 is 10.3 Å². The summed E-state index contributed by atoms with van der Waals surface area (Å²) in [5.41, 5.74) is 8.45. The molecule has 2 N–H and O–H groups in total. The number of nitrogens with two attached hydrogens (primary N) is 1. The molecule has 0 aliphatic heterocycles. The van der Waals surface area contributed by atoms with Gasteiger partial charge in [-0.1, -0.05) is 6.07 Å². The molecule has 0 radical (unpaired) electrons. The molecule has 0 saturated heterocycles. The van der Waals surface area contributed by atoms with Gasteiger partial charge in [0, 0.05) is 19.3 Å². The van der Waals surface area contributed by atoms with E-state index in [2.05, 4.69) is 4.98 Å². The lowest BCUT2D eigenvalue weighted by molar-refractivity contribution is 0.591. The minimum absolute atomic E-state index is 0.162. The zero-order valence-corrected chi connectivity index (χ0v) is 12.9. The number of hydrogen-bond donors (Lipinski definition) is 1. The van der Waals surface area contributed by atoms with Gasteiger partial charge in [0.1, 0.15) is 15.7 Å². The molecule has 2 aromatic rings. The maximum Gasteiger partial charge on any atom is 0.147 e. The van der Waals surface area contributed by atoms with E-state index in [-0.39, 0.29) is 5.75 Å². The molecule has 1 aromatic heterocycles. The first-order valence-electron chi connectivity index (χ1n) is 6.36. The van der Waals surface area contributed by atoms with Gasteiger partial charge in [-0.15, -0.1) is 11.6 Å². The third kappa shape index (κ3) is 3.50. The quantitative estimate of drug-likeness (QED) is 0.822. The number of alkyl halides is 1. The Kier molecular flexibility index (Phi) is 4.67. The average Bonchev–Trinajstić information content (AvgIpc) is 2.74. The van der Waals surface area contributed by atoms with Crippen LogP contribution in [-0.2, 0) is 28.8 Å². The zero-order valence-electron chi connectivity index (χ0n) is 11.3. The van der Waals surface area contributed by atoms with Crippen LogP contribution in [0.2, 0.25) is 0 Å². The Morgan fingerprint density at radius 2 is 2.15 bits per heavy atom. The highest BCUT2D eigenvalue weighted by molar-refractivity contribution is 7.90. The summed E-state index contributed by atoms with van der Waals surface area (Å²) in [6.45, 7) is 1.06. The molecule has 0 aliphatic carbocycles. The number of nitrogens with zero attached hydrogens (tertiary/aromatic N) is 2. The van der Waals surface area contributed by atoms with Crippen molar-refractivity contribution in [2.75, 3.05) is 12.0 Å². The SMILES string of the molecule is CS(=O)(=O)CCCn1c(CCl)nc2cc(CN)ccc21. The van der Waals surface area contributed by atoms with Gasteiger partial charge in [-0.25, -0.2) is 13.4 Å². The monoisotopic (exact) mass is 315 g/mol. The van der Waals surface area contributed by atoms with E-state index in [0.29, 0.717) is 25.4 Å². The molecule has 0 atom stereocenters. The maximum atomic E-state index is 11.2. The van der Waals surface area contributed by atoms with Crippen molar-refractivity contribution >= 4 is 32.5 Å². The van der Waals surface area contributed by atoms with E-state index in [1.807, 2.05) is 22.8 Å². The highest BCUT2D eigenvalue weighted by Gasteiger charge is 2.11. The molecule has 0 aliphatic rings. The lowest BCUT2D eigenvalue weighted by Crippen LogP contribution is -2.09. The number of aryl methyl sites for hydroxylation is 1. The summed E-state index contributed by atoms with van der Waals surface area (Å²) in [4.78, 5) is 4.48. The fourth-order valence-corrected chi connectivity index (χ4v) is 3.05. The Labute approximate surface area is 123 Å². The number of hydrogen-bond acceptors (Lipinski definition) is 4. The van der Waals surface area contributed by atoms with Crippen molar-refractivity contribution in [3.05, 3.63) is 29.6 Å². The third-order valence-corrected chi connectivity index (χ3v) is 4.41. The van der Waals surface area contributed by atoms with Crippen LogP contribution < -0.4 is 5.73 Å². The Hall–Kier alpha value is -1.11. The van der Waals surface area contributed by atoms with E-state index in [9.17, 15) is 8.42 Å². The van der Waals surface area contributed by atoms with Crippen molar-refractivity contribution < 1.29 is 8.42 Å². The summed E-state index contributed by atoms with van der Waals surface area (Å²) in [6.07, 6.45) is 1.79. The Balaban J connectivity index is 2.31. The molecule has 0 fully saturated rings. The average molecular weight is 316 g/mol. The largest absolute Gasteiger partial charge is 0.327 e. The Morgan fingerprint density at radius 1 is 1.40 bits per heavy atom. The highest BCUT2D eigenvalue weighted by atomic mass is 35.5. The minimum atomic E-state index is -2.94. The summed E-state index contributed by atoms with van der Waals surface area (Å²) in [5.74, 6) is 1.21. The first-order valence-corrected chi connectivity index (χ1v) is 8.96. The second-order valence-electron chi connectivity index (χ2n) is 4.82. The van der Waals surface area contributed by atoms with Crippen molar-refractivity contribution in [1.82, 2.24) is 9.55 Å². The molecule has 1 heterocycles. The van der Waals surface area contributed by atoms with E-state index in [1.54, 1.807) is 0 Å². The molecule has 0 amide bonds. The lowest BCUT2D eigenvalue weighted by atomic mass is 10.2. The van der Waals surface area contributed by atoms with Crippen molar-refractivity contribution in [1.29, 1.82) is 0 Å². The van der Waals surface area contributed by atoms with Crippen LogP contribution in [0.5, 0.6) is 0 Å². The van der Waals surface area contributed by atoms with E-state index < -0.39 is 9.84 Å². The van der Waals surface area contributed by atoms with Gasteiger partial charge in [-0.05, 0) is 24.1 Å². The van der Waals surface area contributed by atoms with Crippen LogP contribution in [0, 0.1) is 0 Å². The van der Waals surface area contributed by atoms with Gasteiger partial charge in [-0.3, -0.25) is 0 Å². The van der Waals surface area contributed by atoms with Crippen LogP contribution in [0.25, 0.3) is 11.0 Å². The van der Waals surface area contributed by atoms with Gasteiger partial charge in [0.05, 0.1) is 22.7 Å². The number of halogens is 1. The number of sulfone groups is 1. The maximum absolute atomic E-state index is 11.2. The summed E-state index contributed by atoms with van der Waals surface area (Å²) >= 11 is 5.92. The second kappa shape index (κ2) is 6.11. The number of aromatic nitrogens is 2. The first kappa shape index (κ1) is 15.3. The first-order chi connectivity index (χ1) is 9.44. The summed E-state index contributed by atoms with van der Waals surface area (Å²) in [5, 5.41) is 0. The second-order valence-corrected chi connectivity index (χ2v) is 7.35. The van der Waals surface area contributed by atoms with Crippen molar-refractivity contribution in [2.24, 2.45) is 5.73 Å². The van der Waals surface area contributed by atoms with E-state index in [1.165, 1.54) is 6.26 Å². The molecule has 0 bridgehead atoms. The van der Waals surface area contributed by atoms with Gasteiger partial charge in [0.15, 0.2) is 0 Å². The van der Waals surface area contributed by atoms with Crippen LogP contribution in [-0.4, -0.2) is 30.0 Å². The van der Waals surface area contributed by atoms with Crippen molar-refractivity contribution in [2.45, 2.75) is 25.4 Å². The zero-order chi connectivity index (χ0) is 14.8. The molecule has 0 unspecified atom stereocenters. The smallest absolute Gasteiger partial charge is 0.147 e. The minimum Gasteiger partial charge on any atom is -0.327 e. The fourth-order valence-electron chi connectivity index (χ4n) is 2.19. The number of benzene rings is 1. The van der Waals surface area contributed by atoms with Gasteiger partial charge in [0.2, 0.25) is 0 Å². The predicted molar refractivity (Wildman–Crippen MR) is 81.5 cm³/mol. The number of imidazole rings is 1. The molecule has 0 spiro atoms.